The molecule has 1 saturated heterocycles. The molecule has 2 aromatic rings. The fourth-order valence-electron chi connectivity index (χ4n) is 3.46. The number of urea groups is 1. The standard InChI is InChI=1S/C20H25N3O2/c1-2-22-19(24)18(9-5-6-12-21)23(20(22)25)14-15-10-11-16-7-3-4-8-17(16)13-15/h3-4,7-8,10-11,13,18H,2,5-6,9,12,14,21H2,1H3/t18-/m0/s1. The molecule has 0 aromatic heterocycles. The number of nitrogens with zero attached hydrogens (tertiary/aromatic N) is 2. The normalized spacial score (nSPS) is 17.8. The predicted octanol–water partition coefficient (Wildman–Crippen LogP) is 3.12. The molecule has 1 aliphatic rings. The number of carbonyl (C=O) groups excluding carboxylic acids is 2. The van der Waals surface area contributed by atoms with Crippen molar-refractivity contribution in [3.8, 4) is 0 Å². The van der Waals surface area contributed by atoms with Crippen LogP contribution in [0.5, 0.6) is 0 Å². The van der Waals surface area contributed by atoms with Gasteiger partial charge in [0.1, 0.15) is 6.04 Å². The van der Waals surface area contributed by atoms with Crippen molar-refractivity contribution in [3.63, 3.8) is 0 Å². The maximum absolute atomic E-state index is 12.7. The molecule has 0 radical (unpaired) electrons. The van der Waals surface area contributed by atoms with Crippen LogP contribution in [-0.4, -0.2) is 40.9 Å². The lowest BCUT2D eigenvalue weighted by atomic mass is 10.0. The van der Waals surface area contributed by atoms with Gasteiger partial charge in [0.25, 0.3) is 5.91 Å². The van der Waals surface area contributed by atoms with Crippen LogP contribution in [0.15, 0.2) is 42.5 Å². The number of hydrogen-bond donors (Lipinski definition) is 1. The van der Waals surface area contributed by atoms with E-state index in [4.69, 9.17) is 5.73 Å². The number of benzene rings is 2. The number of amides is 3. The van der Waals surface area contributed by atoms with Gasteiger partial charge in [-0.1, -0.05) is 36.4 Å². The highest BCUT2D eigenvalue weighted by atomic mass is 16.2. The van der Waals surface area contributed by atoms with Crippen LogP contribution in [0, 0.1) is 0 Å². The van der Waals surface area contributed by atoms with E-state index in [0.29, 0.717) is 26.1 Å². The van der Waals surface area contributed by atoms with Crippen LogP contribution in [0.1, 0.15) is 31.7 Å². The van der Waals surface area contributed by atoms with Crippen molar-refractivity contribution >= 4 is 22.7 Å². The van der Waals surface area contributed by atoms with Gasteiger partial charge in [0.05, 0.1) is 0 Å². The molecule has 1 heterocycles. The highest BCUT2D eigenvalue weighted by molar-refractivity contribution is 6.04. The van der Waals surface area contributed by atoms with Crippen LogP contribution >= 0.6 is 0 Å². The van der Waals surface area contributed by atoms with Gasteiger partial charge in [-0.25, -0.2) is 4.79 Å². The predicted molar refractivity (Wildman–Crippen MR) is 99.0 cm³/mol. The van der Waals surface area contributed by atoms with Gasteiger partial charge < -0.3 is 10.6 Å². The lowest BCUT2D eigenvalue weighted by molar-refractivity contribution is -0.128. The Bertz CT molecular complexity index is 774. The zero-order chi connectivity index (χ0) is 17.8. The van der Waals surface area contributed by atoms with E-state index >= 15 is 0 Å². The Balaban J connectivity index is 1.83. The van der Waals surface area contributed by atoms with Gasteiger partial charge in [-0.05, 0) is 55.1 Å². The second-order valence-electron chi connectivity index (χ2n) is 6.47. The molecule has 2 N–H and O–H groups in total. The zero-order valence-corrected chi connectivity index (χ0v) is 14.6. The topological polar surface area (TPSA) is 66.6 Å². The Labute approximate surface area is 148 Å². The van der Waals surface area contributed by atoms with Crippen molar-refractivity contribution in [1.29, 1.82) is 0 Å². The fraction of sp³-hybridized carbons (Fsp3) is 0.400. The average molecular weight is 339 g/mol. The van der Waals surface area contributed by atoms with Gasteiger partial charge in [0.2, 0.25) is 0 Å². The molecule has 0 saturated carbocycles. The molecule has 3 amide bonds. The number of hydrogen-bond acceptors (Lipinski definition) is 3. The molecule has 0 spiro atoms. The monoisotopic (exact) mass is 339 g/mol. The maximum Gasteiger partial charge on any atom is 0.327 e. The Morgan fingerprint density at radius 2 is 1.80 bits per heavy atom. The van der Waals surface area contributed by atoms with E-state index < -0.39 is 0 Å². The van der Waals surface area contributed by atoms with E-state index in [9.17, 15) is 9.59 Å². The molecular weight excluding hydrogens is 314 g/mol. The molecule has 2 aromatic carbocycles. The van der Waals surface area contributed by atoms with E-state index in [-0.39, 0.29) is 18.0 Å². The molecule has 132 valence electrons. The number of likely N-dealkylation sites (N-methyl/N-ethyl adjacent to an activating group) is 1. The molecule has 1 aliphatic heterocycles. The first-order valence-electron chi connectivity index (χ1n) is 8.95. The van der Waals surface area contributed by atoms with E-state index in [1.165, 1.54) is 10.3 Å². The van der Waals surface area contributed by atoms with E-state index in [2.05, 4.69) is 24.3 Å². The molecule has 0 bridgehead atoms. The van der Waals surface area contributed by atoms with Crippen LogP contribution in [0.3, 0.4) is 0 Å². The summed E-state index contributed by atoms with van der Waals surface area (Å²) >= 11 is 0. The van der Waals surface area contributed by atoms with Gasteiger partial charge in [-0.3, -0.25) is 9.69 Å². The molecule has 5 heteroatoms. The van der Waals surface area contributed by atoms with Crippen molar-refractivity contribution < 1.29 is 9.59 Å². The first kappa shape index (κ1) is 17.4. The fourth-order valence-corrected chi connectivity index (χ4v) is 3.46. The molecule has 1 atom stereocenters. The summed E-state index contributed by atoms with van der Waals surface area (Å²) < 4.78 is 0. The second kappa shape index (κ2) is 7.66. The summed E-state index contributed by atoms with van der Waals surface area (Å²) in [6.45, 7) is 3.32. The first-order valence-corrected chi connectivity index (χ1v) is 8.95. The Morgan fingerprint density at radius 3 is 2.52 bits per heavy atom. The zero-order valence-electron chi connectivity index (χ0n) is 14.6. The van der Waals surface area contributed by atoms with E-state index in [1.54, 1.807) is 4.90 Å². The Kier molecular flexibility index (Phi) is 5.34. The average Bonchev–Trinajstić information content (AvgIpc) is 2.85. The summed E-state index contributed by atoms with van der Waals surface area (Å²) in [5, 5.41) is 2.31. The number of carbonyl (C=O) groups is 2. The minimum atomic E-state index is -0.370. The third kappa shape index (κ3) is 3.51. The van der Waals surface area contributed by atoms with Crippen LogP contribution in [0.2, 0.25) is 0 Å². The summed E-state index contributed by atoms with van der Waals surface area (Å²) in [7, 11) is 0. The van der Waals surface area contributed by atoms with Crippen molar-refractivity contribution in [3.05, 3.63) is 48.0 Å². The number of rotatable bonds is 7. The van der Waals surface area contributed by atoms with Crippen molar-refractivity contribution in [1.82, 2.24) is 9.80 Å². The number of imide groups is 1. The summed E-state index contributed by atoms with van der Waals surface area (Å²) in [4.78, 5) is 28.3. The van der Waals surface area contributed by atoms with Crippen LogP contribution in [0.4, 0.5) is 4.79 Å². The Morgan fingerprint density at radius 1 is 1.04 bits per heavy atom. The number of nitrogens with two attached hydrogens (primary N) is 1. The molecule has 0 unspecified atom stereocenters. The smallest absolute Gasteiger partial charge is 0.327 e. The van der Waals surface area contributed by atoms with Gasteiger partial charge in [-0.2, -0.15) is 0 Å². The molecule has 1 fully saturated rings. The highest BCUT2D eigenvalue weighted by Gasteiger charge is 2.43. The SMILES string of the molecule is CCN1C(=O)[C@H](CCCCN)N(Cc2ccc3ccccc3c2)C1=O. The van der Waals surface area contributed by atoms with E-state index in [1.807, 2.05) is 25.1 Å². The van der Waals surface area contributed by atoms with Crippen LogP contribution < -0.4 is 5.73 Å². The second-order valence-corrected chi connectivity index (χ2v) is 6.47. The van der Waals surface area contributed by atoms with Gasteiger partial charge in [0, 0.05) is 13.1 Å². The molecule has 25 heavy (non-hydrogen) atoms. The van der Waals surface area contributed by atoms with Gasteiger partial charge >= 0.3 is 6.03 Å². The van der Waals surface area contributed by atoms with Crippen molar-refractivity contribution in [2.24, 2.45) is 5.73 Å². The van der Waals surface area contributed by atoms with Crippen molar-refractivity contribution in [2.75, 3.05) is 13.1 Å². The summed E-state index contributed by atoms with van der Waals surface area (Å²) in [5.74, 6) is -0.0784. The quantitative estimate of drug-likeness (QED) is 0.622. The maximum atomic E-state index is 12.7. The molecule has 0 aliphatic carbocycles. The van der Waals surface area contributed by atoms with Crippen LogP contribution in [0.25, 0.3) is 10.8 Å². The molecule has 5 nitrogen and oxygen atoms in total. The Hall–Kier alpha value is -2.40. The third-order valence-electron chi connectivity index (χ3n) is 4.82. The molecule has 3 rings (SSSR count). The first-order chi connectivity index (χ1) is 12.2. The highest BCUT2D eigenvalue weighted by Crippen LogP contribution is 2.25. The summed E-state index contributed by atoms with van der Waals surface area (Å²) in [6, 6.07) is 13.8. The lowest BCUT2D eigenvalue weighted by Gasteiger charge is -2.22. The van der Waals surface area contributed by atoms with E-state index in [0.717, 1.165) is 23.8 Å². The van der Waals surface area contributed by atoms with Crippen LogP contribution in [-0.2, 0) is 11.3 Å². The lowest BCUT2D eigenvalue weighted by Crippen LogP contribution is -2.34. The summed E-state index contributed by atoms with van der Waals surface area (Å²) in [6.07, 6.45) is 2.39. The van der Waals surface area contributed by atoms with Gasteiger partial charge in [0.15, 0.2) is 0 Å². The number of unbranched alkanes of at least 4 members (excludes halogenated alkanes) is 1. The van der Waals surface area contributed by atoms with Gasteiger partial charge in [-0.15, -0.1) is 0 Å². The molecular formula is C20H25N3O2. The minimum Gasteiger partial charge on any atom is -0.330 e. The van der Waals surface area contributed by atoms with Crippen molar-refractivity contribution in [2.45, 2.75) is 38.8 Å². The summed E-state index contributed by atoms with van der Waals surface area (Å²) in [5.41, 5.74) is 6.61. The minimum absolute atomic E-state index is 0.0784. The third-order valence-corrected chi connectivity index (χ3v) is 4.82. The number of fused-ring (bicyclic) bond motifs is 1. The largest absolute Gasteiger partial charge is 0.330 e.